The molecule has 1 heterocycles. The molecule has 1 aliphatic rings. The van der Waals surface area contributed by atoms with Crippen LogP contribution in [0.5, 0.6) is 0 Å². The average Bonchev–Trinajstić information content (AvgIpc) is 2.21. The molecule has 0 amide bonds. The number of nitrogens with one attached hydrogen (secondary N) is 1. The second-order valence-electron chi connectivity index (χ2n) is 4.85. The second kappa shape index (κ2) is 4.74. The standard InChI is InChI=1S/C13H18ClNO/c1-13(16)9-15-6-5-11(13)7-10-3-2-4-12(14)8-10/h2-4,8,11,15-16H,5-7,9H2,1H3. The highest BCUT2D eigenvalue weighted by Gasteiger charge is 2.34. The number of benzene rings is 1. The quantitative estimate of drug-likeness (QED) is 0.830. The van der Waals surface area contributed by atoms with E-state index < -0.39 is 5.60 Å². The summed E-state index contributed by atoms with van der Waals surface area (Å²) in [5.41, 5.74) is 0.597. The Labute approximate surface area is 102 Å². The van der Waals surface area contributed by atoms with E-state index in [1.165, 1.54) is 5.56 Å². The van der Waals surface area contributed by atoms with Crippen molar-refractivity contribution in [1.29, 1.82) is 0 Å². The highest BCUT2D eigenvalue weighted by molar-refractivity contribution is 6.30. The van der Waals surface area contributed by atoms with Gasteiger partial charge >= 0.3 is 0 Å². The summed E-state index contributed by atoms with van der Waals surface area (Å²) >= 11 is 5.96. The second-order valence-corrected chi connectivity index (χ2v) is 5.29. The predicted molar refractivity (Wildman–Crippen MR) is 66.8 cm³/mol. The van der Waals surface area contributed by atoms with Gasteiger partial charge in [0.25, 0.3) is 0 Å². The third-order valence-corrected chi connectivity index (χ3v) is 3.64. The van der Waals surface area contributed by atoms with Crippen LogP contribution in [0.4, 0.5) is 0 Å². The molecule has 2 rings (SSSR count). The Morgan fingerprint density at radius 2 is 2.38 bits per heavy atom. The lowest BCUT2D eigenvalue weighted by molar-refractivity contribution is -0.0192. The fourth-order valence-corrected chi connectivity index (χ4v) is 2.56. The number of hydrogen-bond donors (Lipinski definition) is 2. The molecule has 0 radical (unpaired) electrons. The van der Waals surface area contributed by atoms with E-state index in [0.29, 0.717) is 12.5 Å². The zero-order valence-electron chi connectivity index (χ0n) is 9.54. The molecular formula is C13H18ClNO. The van der Waals surface area contributed by atoms with Gasteiger partial charge in [0, 0.05) is 11.6 Å². The Hall–Kier alpha value is -0.570. The zero-order valence-corrected chi connectivity index (χ0v) is 10.3. The minimum Gasteiger partial charge on any atom is -0.389 e. The van der Waals surface area contributed by atoms with Crippen molar-refractivity contribution in [3.05, 3.63) is 34.9 Å². The molecule has 16 heavy (non-hydrogen) atoms. The maximum absolute atomic E-state index is 10.3. The van der Waals surface area contributed by atoms with Crippen molar-refractivity contribution in [2.75, 3.05) is 13.1 Å². The van der Waals surface area contributed by atoms with Crippen LogP contribution in [0.15, 0.2) is 24.3 Å². The van der Waals surface area contributed by atoms with Gasteiger partial charge < -0.3 is 10.4 Å². The normalized spacial score (nSPS) is 30.3. The number of piperidine rings is 1. The summed E-state index contributed by atoms with van der Waals surface area (Å²) in [7, 11) is 0. The predicted octanol–water partition coefficient (Wildman–Crippen LogP) is 2.24. The van der Waals surface area contributed by atoms with E-state index in [2.05, 4.69) is 11.4 Å². The van der Waals surface area contributed by atoms with Gasteiger partial charge in [-0.2, -0.15) is 0 Å². The van der Waals surface area contributed by atoms with Gasteiger partial charge in [-0.25, -0.2) is 0 Å². The fourth-order valence-electron chi connectivity index (χ4n) is 2.34. The lowest BCUT2D eigenvalue weighted by Crippen LogP contribution is -2.50. The van der Waals surface area contributed by atoms with E-state index in [1.807, 2.05) is 25.1 Å². The van der Waals surface area contributed by atoms with Crippen LogP contribution in [0.2, 0.25) is 5.02 Å². The molecule has 1 aromatic carbocycles. The maximum Gasteiger partial charge on any atom is 0.0775 e. The Morgan fingerprint density at radius 1 is 1.56 bits per heavy atom. The first-order valence-electron chi connectivity index (χ1n) is 5.75. The molecule has 2 nitrogen and oxygen atoms in total. The Morgan fingerprint density at radius 3 is 3.06 bits per heavy atom. The Bertz CT molecular complexity index is 365. The topological polar surface area (TPSA) is 32.3 Å². The van der Waals surface area contributed by atoms with Crippen LogP contribution in [-0.2, 0) is 6.42 Å². The van der Waals surface area contributed by atoms with Crippen molar-refractivity contribution in [1.82, 2.24) is 5.32 Å². The smallest absolute Gasteiger partial charge is 0.0775 e. The van der Waals surface area contributed by atoms with E-state index in [9.17, 15) is 5.11 Å². The average molecular weight is 240 g/mol. The number of halogens is 1. The van der Waals surface area contributed by atoms with Crippen molar-refractivity contribution >= 4 is 11.6 Å². The van der Waals surface area contributed by atoms with Crippen LogP contribution >= 0.6 is 11.6 Å². The first-order valence-corrected chi connectivity index (χ1v) is 6.13. The molecular weight excluding hydrogens is 222 g/mol. The van der Waals surface area contributed by atoms with Gasteiger partial charge in [-0.1, -0.05) is 23.7 Å². The molecule has 2 unspecified atom stereocenters. The molecule has 2 N–H and O–H groups in total. The monoisotopic (exact) mass is 239 g/mol. The van der Waals surface area contributed by atoms with E-state index in [-0.39, 0.29) is 0 Å². The molecule has 2 atom stereocenters. The lowest BCUT2D eigenvalue weighted by atomic mass is 9.79. The molecule has 1 aliphatic heterocycles. The van der Waals surface area contributed by atoms with Crippen molar-refractivity contribution < 1.29 is 5.11 Å². The molecule has 3 heteroatoms. The lowest BCUT2D eigenvalue weighted by Gasteiger charge is -2.37. The summed E-state index contributed by atoms with van der Waals surface area (Å²) in [4.78, 5) is 0. The third kappa shape index (κ3) is 2.76. The van der Waals surface area contributed by atoms with Crippen LogP contribution in [0, 0.1) is 5.92 Å². The van der Waals surface area contributed by atoms with Gasteiger partial charge in [-0.05, 0) is 49.9 Å². The van der Waals surface area contributed by atoms with Gasteiger partial charge in [0.2, 0.25) is 0 Å². The largest absolute Gasteiger partial charge is 0.389 e. The third-order valence-electron chi connectivity index (χ3n) is 3.40. The van der Waals surface area contributed by atoms with Gasteiger partial charge in [-0.3, -0.25) is 0 Å². The van der Waals surface area contributed by atoms with Gasteiger partial charge in [0.05, 0.1) is 5.60 Å². The minimum absolute atomic E-state index is 0.312. The molecule has 0 bridgehead atoms. The number of aliphatic hydroxyl groups is 1. The molecule has 0 aromatic heterocycles. The molecule has 88 valence electrons. The molecule has 1 saturated heterocycles. The number of rotatable bonds is 2. The number of hydrogen-bond acceptors (Lipinski definition) is 2. The Balaban J connectivity index is 2.08. The summed E-state index contributed by atoms with van der Waals surface area (Å²) in [6, 6.07) is 7.91. The SMILES string of the molecule is CC1(O)CNCCC1Cc1cccc(Cl)c1. The van der Waals surface area contributed by atoms with Crippen molar-refractivity contribution in [3.63, 3.8) is 0 Å². The van der Waals surface area contributed by atoms with Gasteiger partial charge in [-0.15, -0.1) is 0 Å². The summed E-state index contributed by atoms with van der Waals surface area (Å²) in [6.45, 7) is 3.58. The molecule has 0 saturated carbocycles. The highest BCUT2D eigenvalue weighted by Crippen LogP contribution is 2.27. The summed E-state index contributed by atoms with van der Waals surface area (Å²) in [5, 5.41) is 14.3. The summed E-state index contributed by atoms with van der Waals surface area (Å²) in [6.07, 6.45) is 1.91. The zero-order chi connectivity index (χ0) is 11.6. The summed E-state index contributed by atoms with van der Waals surface area (Å²) in [5.74, 6) is 0.312. The van der Waals surface area contributed by atoms with Crippen LogP contribution in [0.1, 0.15) is 18.9 Å². The molecule has 0 aliphatic carbocycles. The van der Waals surface area contributed by atoms with Crippen LogP contribution in [0.3, 0.4) is 0 Å². The molecule has 1 fully saturated rings. The van der Waals surface area contributed by atoms with Crippen LogP contribution in [0.25, 0.3) is 0 Å². The molecule has 1 aromatic rings. The highest BCUT2D eigenvalue weighted by atomic mass is 35.5. The minimum atomic E-state index is -0.611. The fraction of sp³-hybridized carbons (Fsp3) is 0.538. The summed E-state index contributed by atoms with van der Waals surface area (Å²) < 4.78 is 0. The van der Waals surface area contributed by atoms with Crippen LogP contribution < -0.4 is 5.32 Å². The first kappa shape index (κ1) is 11.9. The van der Waals surface area contributed by atoms with Crippen molar-refractivity contribution in [2.45, 2.75) is 25.4 Å². The van der Waals surface area contributed by atoms with Gasteiger partial charge in [0.15, 0.2) is 0 Å². The van der Waals surface area contributed by atoms with Crippen LogP contribution in [-0.4, -0.2) is 23.8 Å². The maximum atomic E-state index is 10.3. The van der Waals surface area contributed by atoms with Crippen molar-refractivity contribution in [2.24, 2.45) is 5.92 Å². The molecule has 0 spiro atoms. The number of β-amino-alcohol motifs (C(OH)–C–C–N with tert-alkyl or cyclic N) is 1. The Kier molecular flexibility index (Phi) is 3.53. The first-order chi connectivity index (χ1) is 7.58. The van der Waals surface area contributed by atoms with E-state index >= 15 is 0 Å². The van der Waals surface area contributed by atoms with E-state index in [4.69, 9.17) is 11.6 Å². The van der Waals surface area contributed by atoms with Crippen molar-refractivity contribution in [3.8, 4) is 0 Å². The van der Waals surface area contributed by atoms with Gasteiger partial charge in [0.1, 0.15) is 0 Å². The van der Waals surface area contributed by atoms with E-state index in [1.54, 1.807) is 0 Å². The van der Waals surface area contributed by atoms with E-state index in [0.717, 1.165) is 24.4 Å².